The van der Waals surface area contributed by atoms with Crippen molar-refractivity contribution in [2.75, 3.05) is 13.7 Å². The third-order valence-corrected chi connectivity index (χ3v) is 11.7. The Hall–Kier alpha value is -3.54. The van der Waals surface area contributed by atoms with E-state index in [0.29, 0.717) is 59.8 Å². The van der Waals surface area contributed by atoms with Crippen molar-refractivity contribution in [3.8, 4) is 17.2 Å². The number of carbonyl (C=O) groups excluding carboxylic acids is 1. The second kappa shape index (κ2) is 13.9. The lowest BCUT2D eigenvalue weighted by molar-refractivity contribution is -0.154. The van der Waals surface area contributed by atoms with Crippen LogP contribution in [0.25, 0.3) is 0 Å². The average molecular weight is 668 g/mol. The van der Waals surface area contributed by atoms with Crippen LogP contribution in [-0.4, -0.2) is 61.4 Å². The van der Waals surface area contributed by atoms with Crippen LogP contribution < -0.4 is 15.2 Å². The topological polar surface area (TPSA) is 102 Å². The van der Waals surface area contributed by atoms with Gasteiger partial charge in [-0.15, -0.1) is 0 Å². The van der Waals surface area contributed by atoms with Crippen LogP contribution in [0.15, 0.2) is 83.8 Å². The molecule has 8 nitrogen and oxygen atoms in total. The van der Waals surface area contributed by atoms with Gasteiger partial charge < -0.3 is 20.1 Å². The summed E-state index contributed by atoms with van der Waals surface area (Å²) in [6, 6.07) is 16.7. The summed E-state index contributed by atoms with van der Waals surface area (Å²) < 4.78 is 73.7. The zero-order valence-electron chi connectivity index (χ0n) is 26.6. The van der Waals surface area contributed by atoms with Gasteiger partial charge in [0.15, 0.2) is 6.04 Å². The van der Waals surface area contributed by atoms with E-state index in [0.717, 1.165) is 19.9 Å². The first-order valence-corrected chi connectivity index (χ1v) is 18.0. The number of nitrogens with two attached hydrogens (primary N) is 1. The van der Waals surface area contributed by atoms with Crippen LogP contribution in [0.5, 0.6) is 17.2 Å². The minimum absolute atomic E-state index is 0.132. The highest BCUT2D eigenvalue weighted by atomic mass is 32.2. The summed E-state index contributed by atoms with van der Waals surface area (Å²) in [5, 5.41) is 0. The number of halogens is 2. The van der Waals surface area contributed by atoms with Crippen LogP contribution in [0.4, 0.5) is 8.78 Å². The number of ether oxygens (including phenoxy) is 2. The fourth-order valence-electron chi connectivity index (χ4n) is 7.37. The number of hydrogen-bond acceptors (Lipinski definition) is 6. The molecular weight excluding hydrogens is 624 g/mol. The largest absolute Gasteiger partial charge is 0.493 e. The first kappa shape index (κ1) is 33.4. The summed E-state index contributed by atoms with van der Waals surface area (Å²) >= 11 is 0. The molecule has 2 N–H and O–H groups in total. The summed E-state index contributed by atoms with van der Waals surface area (Å²) in [6.07, 6.45) is 8.08. The Morgan fingerprint density at radius 2 is 1.45 bits per heavy atom. The zero-order chi connectivity index (χ0) is 33.2. The maximum absolute atomic E-state index is 16.7. The van der Waals surface area contributed by atoms with Gasteiger partial charge in [-0.1, -0.05) is 37.5 Å². The molecule has 3 aromatic rings. The number of alkyl halides is 2. The number of fused-ring (bicyclic) bond motifs is 2. The molecule has 1 aliphatic carbocycles. The van der Waals surface area contributed by atoms with Crippen molar-refractivity contribution < 1.29 is 31.5 Å². The normalized spacial score (nSPS) is 22.7. The van der Waals surface area contributed by atoms with Crippen molar-refractivity contribution in [2.24, 2.45) is 11.7 Å². The summed E-state index contributed by atoms with van der Waals surface area (Å²) in [7, 11) is -3.48. The molecular formula is C36H43F2N3O5S. The van der Waals surface area contributed by atoms with E-state index >= 15 is 8.78 Å². The lowest BCUT2D eigenvalue weighted by atomic mass is 9.90. The van der Waals surface area contributed by atoms with E-state index in [1.54, 1.807) is 24.3 Å². The lowest BCUT2D eigenvalue weighted by Crippen LogP contribution is -2.61. The number of likely N-dealkylation sites (N-methyl/N-ethyl adjacent to an activating group) is 1. The average Bonchev–Trinajstić information content (AvgIpc) is 3.35. The van der Waals surface area contributed by atoms with Gasteiger partial charge in [0, 0.05) is 30.7 Å². The zero-order valence-corrected chi connectivity index (χ0v) is 27.5. The molecule has 0 radical (unpaired) electrons. The van der Waals surface area contributed by atoms with Crippen molar-refractivity contribution in [1.82, 2.24) is 9.21 Å². The predicted octanol–water partition coefficient (Wildman–Crippen LogP) is 6.70. The summed E-state index contributed by atoms with van der Waals surface area (Å²) in [5.41, 5.74) is 5.71. The fourth-order valence-corrected chi connectivity index (χ4v) is 8.68. The lowest BCUT2D eigenvalue weighted by Gasteiger charge is -2.42. The van der Waals surface area contributed by atoms with Gasteiger partial charge >= 0.3 is 0 Å². The van der Waals surface area contributed by atoms with Crippen LogP contribution >= 0.6 is 0 Å². The van der Waals surface area contributed by atoms with Crippen molar-refractivity contribution in [1.29, 1.82) is 0 Å². The molecule has 2 unspecified atom stereocenters. The molecule has 2 aliphatic heterocycles. The van der Waals surface area contributed by atoms with E-state index in [1.807, 2.05) is 6.07 Å². The van der Waals surface area contributed by atoms with Gasteiger partial charge in [-0.2, -0.15) is 13.1 Å². The first-order valence-electron chi connectivity index (χ1n) is 16.5. The van der Waals surface area contributed by atoms with E-state index in [-0.39, 0.29) is 23.0 Å². The standard InChI is InChI=1S/C36H43F2N3O5S/c1-40(47(43,44)33-20-18-30(19-21-33)45-24-25-8-4-2-5-9-25)34(35(42)41-28-14-15-29(41)23-27(39)22-28)36(37,38)26-12-16-32(17-13-26)46-31-10-6-3-7-11-31/h3,6-7,10-13,16-21,25,27-29,34H,2,4-5,8-9,14-15,22-24,39H2,1H3/t27?,28?,29?,34-/m1/s1. The SMILES string of the molecule is CN([C@H](C(=O)N1C2CCC1CC(N)C2)C(F)(F)c1ccc(Oc2ccccc2)cc1)S(=O)(=O)c1ccc(OCC2CCCCC2)cc1. The van der Waals surface area contributed by atoms with E-state index in [4.69, 9.17) is 15.2 Å². The minimum atomic E-state index is -4.54. The fraction of sp³-hybridized carbons (Fsp3) is 0.472. The van der Waals surface area contributed by atoms with E-state index in [9.17, 15) is 13.2 Å². The van der Waals surface area contributed by atoms with Crippen molar-refractivity contribution in [3.05, 3.63) is 84.4 Å². The molecule has 3 aromatic carbocycles. The van der Waals surface area contributed by atoms with Crippen molar-refractivity contribution in [2.45, 2.75) is 92.8 Å². The molecule has 3 fully saturated rings. The van der Waals surface area contributed by atoms with Crippen molar-refractivity contribution in [3.63, 3.8) is 0 Å². The van der Waals surface area contributed by atoms with E-state index < -0.39 is 33.5 Å². The van der Waals surface area contributed by atoms with E-state index in [2.05, 4.69) is 0 Å². The summed E-state index contributed by atoms with van der Waals surface area (Å²) in [4.78, 5) is 15.5. The maximum atomic E-state index is 16.7. The molecule has 0 spiro atoms. The Labute approximate surface area is 275 Å². The molecule has 2 heterocycles. The number of benzene rings is 3. The number of hydrogen-bond donors (Lipinski definition) is 1. The number of carbonyl (C=O) groups is 1. The van der Waals surface area contributed by atoms with Crippen LogP contribution in [0.2, 0.25) is 0 Å². The van der Waals surface area contributed by atoms with Crippen LogP contribution in [-0.2, 0) is 20.7 Å². The monoisotopic (exact) mass is 667 g/mol. The third kappa shape index (κ3) is 7.17. The molecule has 0 aromatic heterocycles. The second-order valence-corrected chi connectivity index (χ2v) is 15.1. The van der Waals surface area contributed by atoms with Gasteiger partial charge in [-0.25, -0.2) is 8.42 Å². The Morgan fingerprint density at radius 1 is 0.872 bits per heavy atom. The summed E-state index contributed by atoms with van der Waals surface area (Å²) in [5.74, 6) is -2.96. The Bertz CT molecular complexity index is 1600. The Balaban J connectivity index is 1.27. The van der Waals surface area contributed by atoms with Gasteiger partial charge in [0.1, 0.15) is 17.2 Å². The molecule has 6 rings (SSSR count). The van der Waals surface area contributed by atoms with Gasteiger partial charge in [0.2, 0.25) is 15.9 Å². The minimum Gasteiger partial charge on any atom is -0.493 e. The van der Waals surface area contributed by atoms with Crippen LogP contribution in [0.3, 0.4) is 0 Å². The Morgan fingerprint density at radius 3 is 2.06 bits per heavy atom. The van der Waals surface area contributed by atoms with Gasteiger partial charge in [0.25, 0.3) is 5.92 Å². The number of para-hydroxylation sites is 1. The quantitative estimate of drug-likeness (QED) is 0.244. The maximum Gasteiger partial charge on any atom is 0.298 e. The van der Waals surface area contributed by atoms with Gasteiger partial charge in [-0.3, -0.25) is 4.79 Å². The summed E-state index contributed by atoms with van der Waals surface area (Å²) in [6.45, 7) is 0.547. The number of nitrogens with zero attached hydrogens (tertiary/aromatic N) is 2. The molecule has 1 amide bonds. The smallest absolute Gasteiger partial charge is 0.298 e. The molecule has 252 valence electrons. The molecule has 11 heteroatoms. The highest BCUT2D eigenvalue weighted by Gasteiger charge is 2.56. The number of sulfonamides is 1. The number of piperidine rings is 1. The van der Waals surface area contributed by atoms with Crippen molar-refractivity contribution >= 4 is 15.9 Å². The molecule has 2 saturated heterocycles. The van der Waals surface area contributed by atoms with E-state index in [1.165, 1.54) is 72.7 Å². The second-order valence-electron chi connectivity index (χ2n) is 13.1. The number of amides is 1. The highest BCUT2D eigenvalue weighted by Crippen LogP contribution is 2.42. The molecule has 47 heavy (non-hydrogen) atoms. The molecule has 2 bridgehead atoms. The van der Waals surface area contributed by atoms with Crippen LogP contribution in [0, 0.1) is 5.92 Å². The van der Waals surface area contributed by atoms with Gasteiger partial charge in [-0.05, 0) is 105 Å². The first-order chi connectivity index (χ1) is 22.5. The molecule has 3 aliphatic rings. The molecule has 3 atom stereocenters. The van der Waals surface area contributed by atoms with Crippen LogP contribution in [0.1, 0.15) is 63.4 Å². The number of rotatable bonds is 11. The third-order valence-electron chi connectivity index (χ3n) is 9.89. The van der Waals surface area contributed by atoms with Gasteiger partial charge in [0.05, 0.1) is 11.5 Å². The molecule has 1 saturated carbocycles. The predicted molar refractivity (Wildman–Crippen MR) is 175 cm³/mol. The highest BCUT2D eigenvalue weighted by molar-refractivity contribution is 7.89. The Kier molecular flexibility index (Phi) is 9.87.